The number of hydrogen-bond acceptors (Lipinski definition) is 5. The number of aliphatic hydroxyl groups is 2. The third-order valence-corrected chi connectivity index (χ3v) is 3.38. The summed E-state index contributed by atoms with van der Waals surface area (Å²) < 4.78 is 16.1. The van der Waals surface area contributed by atoms with Crippen LogP contribution in [0, 0.1) is 5.41 Å². The Morgan fingerprint density at radius 2 is 1.94 bits per heavy atom. The minimum Gasteiger partial charge on any atom is -0.492 e. The molecule has 0 aliphatic carbocycles. The van der Waals surface area contributed by atoms with Crippen LogP contribution >= 0.6 is 0 Å². The van der Waals surface area contributed by atoms with E-state index >= 15 is 0 Å². The molecule has 5 heteroatoms. The van der Waals surface area contributed by atoms with Crippen LogP contribution in [0.1, 0.15) is 18.6 Å². The van der Waals surface area contributed by atoms with Crippen molar-refractivity contribution in [3.63, 3.8) is 0 Å². The van der Waals surface area contributed by atoms with Gasteiger partial charge in [0, 0.05) is 11.6 Å². The molecule has 2 aliphatic heterocycles. The van der Waals surface area contributed by atoms with Crippen LogP contribution in [0.4, 0.5) is 0 Å². The van der Waals surface area contributed by atoms with Gasteiger partial charge < -0.3 is 24.4 Å². The fourth-order valence-corrected chi connectivity index (χ4v) is 2.11. The highest BCUT2D eigenvalue weighted by molar-refractivity contribution is 5.53. The third kappa shape index (κ3) is 1.46. The van der Waals surface area contributed by atoms with E-state index in [-0.39, 0.29) is 20.0 Å². The van der Waals surface area contributed by atoms with E-state index in [1.807, 2.05) is 0 Å². The average molecular weight is 238 g/mol. The van der Waals surface area contributed by atoms with Crippen LogP contribution in [-0.4, -0.2) is 30.2 Å². The van der Waals surface area contributed by atoms with E-state index in [1.165, 1.54) is 0 Å². The number of benzene rings is 1. The lowest BCUT2D eigenvalue weighted by Gasteiger charge is -2.37. The molecule has 17 heavy (non-hydrogen) atoms. The lowest BCUT2D eigenvalue weighted by Crippen LogP contribution is -2.39. The maximum absolute atomic E-state index is 10.3. The maximum atomic E-state index is 10.3. The number of ether oxygens (including phenoxy) is 3. The Hall–Kier alpha value is -1.46. The smallest absolute Gasteiger partial charge is 0.231 e. The zero-order valence-corrected chi connectivity index (χ0v) is 9.47. The topological polar surface area (TPSA) is 68.2 Å². The van der Waals surface area contributed by atoms with Gasteiger partial charge in [0.25, 0.3) is 0 Å². The molecule has 3 rings (SSSR count). The molecule has 0 radical (unpaired) electrons. The molecule has 1 aromatic carbocycles. The van der Waals surface area contributed by atoms with Gasteiger partial charge in [-0.25, -0.2) is 0 Å². The second-order valence-corrected chi connectivity index (χ2v) is 4.75. The van der Waals surface area contributed by atoms with E-state index in [2.05, 4.69) is 0 Å². The predicted octanol–water partition coefficient (Wildman–Crippen LogP) is 0.840. The zero-order valence-electron chi connectivity index (χ0n) is 9.47. The summed E-state index contributed by atoms with van der Waals surface area (Å²) in [7, 11) is 0. The van der Waals surface area contributed by atoms with Crippen molar-refractivity contribution in [3.8, 4) is 17.2 Å². The first-order chi connectivity index (χ1) is 8.14. The first-order valence-electron chi connectivity index (χ1n) is 5.49. The van der Waals surface area contributed by atoms with E-state index in [1.54, 1.807) is 19.1 Å². The summed E-state index contributed by atoms with van der Waals surface area (Å²) >= 11 is 0. The second kappa shape index (κ2) is 3.51. The summed E-state index contributed by atoms with van der Waals surface area (Å²) in [6.45, 7) is 2.11. The summed E-state index contributed by atoms with van der Waals surface area (Å²) in [5, 5.41) is 19.6. The van der Waals surface area contributed by atoms with Crippen molar-refractivity contribution in [2.24, 2.45) is 5.41 Å². The van der Waals surface area contributed by atoms with Crippen LogP contribution in [-0.2, 0) is 0 Å². The van der Waals surface area contributed by atoms with Crippen molar-refractivity contribution in [2.75, 3.05) is 20.0 Å². The molecule has 0 amide bonds. The molecule has 2 N–H and O–H groups in total. The van der Waals surface area contributed by atoms with E-state index in [4.69, 9.17) is 14.2 Å². The third-order valence-electron chi connectivity index (χ3n) is 3.38. The van der Waals surface area contributed by atoms with Gasteiger partial charge in [-0.05, 0) is 6.07 Å². The molecule has 0 aromatic heterocycles. The number of rotatable bonds is 1. The molecular formula is C12H14O5. The summed E-state index contributed by atoms with van der Waals surface area (Å²) in [6.07, 6.45) is -0.772. The Morgan fingerprint density at radius 3 is 2.65 bits per heavy atom. The highest BCUT2D eigenvalue weighted by Crippen LogP contribution is 2.47. The van der Waals surface area contributed by atoms with Crippen molar-refractivity contribution < 1.29 is 24.4 Å². The van der Waals surface area contributed by atoms with E-state index in [0.717, 1.165) is 0 Å². The molecule has 0 unspecified atom stereocenters. The largest absolute Gasteiger partial charge is 0.492 e. The maximum Gasteiger partial charge on any atom is 0.231 e. The van der Waals surface area contributed by atoms with Gasteiger partial charge in [0.2, 0.25) is 6.79 Å². The van der Waals surface area contributed by atoms with Gasteiger partial charge in [-0.3, -0.25) is 0 Å². The van der Waals surface area contributed by atoms with Crippen LogP contribution in [0.2, 0.25) is 0 Å². The lowest BCUT2D eigenvalue weighted by atomic mass is 9.80. The second-order valence-electron chi connectivity index (χ2n) is 4.75. The Balaban J connectivity index is 2.06. The Kier molecular flexibility index (Phi) is 2.21. The van der Waals surface area contributed by atoms with Gasteiger partial charge in [0.15, 0.2) is 11.5 Å². The highest BCUT2D eigenvalue weighted by Gasteiger charge is 2.41. The fraction of sp³-hybridized carbons (Fsp3) is 0.500. The Labute approximate surface area is 98.5 Å². The first kappa shape index (κ1) is 10.7. The van der Waals surface area contributed by atoms with Gasteiger partial charge in [0.1, 0.15) is 5.75 Å². The van der Waals surface area contributed by atoms with Crippen molar-refractivity contribution in [3.05, 3.63) is 17.7 Å². The quantitative estimate of drug-likeness (QED) is 0.758. The van der Waals surface area contributed by atoms with Gasteiger partial charge in [-0.1, -0.05) is 6.92 Å². The van der Waals surface area contributed by atoms with Crippen LogP contribution in [0.3, 0.4) is 0 Å². The van der Waals surface area contributed by atoms with Crippen molar-refractivity contribution in [1.29, 1.82) is 0 Å². The minimum atomic E-state index is -0.772. The number of fused-ring (bicyclic) bond motifs is 2. The SMILES string of the molecule is C[C@]1(CO)COc2cc3c(cc2[C@@H]1O)OCO3. The molecule has 92 valence electrons. The molecule has 0 saturated heterocycles. The van der Waals surface area contributed by atoms with Crippen LogP contribution < -0.4 is 14.2 Å². The molecule has 2 aliphatic rings. The monoisotopic (exact) mass is 238 g/mol. The lowest BCUT2D eigenvalue weighted by molar-refractivity contribution is -0.0527. The summed E-state index contributed by atoms with van der Waals surface area (Å²) in [5.74, 6) is 1.82. The zero-order chi connectivity index (χ0) is 12.0. The Bertz CT molecular complexity index is 458. The van der Waals surface area contributed by atoms with E-state index in [9.17, 15) is 10.2 Å². The molecule has 0 bridgehead atoms. The average Bonchev–Trinajstić information content (AvgIpc) is 2.79. The van der Waals surface area contributed by atoms with Crippen molar-refractivity contribution >= 4 is 0 Å². The molecule has 2 heterocycles. The van der Waals surface area contributed by atoms with Gasteiger partial charge in [-0.15, -0.1) is 0 Å². The standard InChI is InChI=1S/C12H14O5/c1-12(4-13)5-15-8-3-10-9(16-6-17-10)2-7(8)11(12)14/h2-3,11,13-14H,4-6H2,1H3/t11-,12-/m0/s1. The van der Waals surface area contributed by atoms with E-state index < -0.39 is 11.5 Å². The minimum absolute atomic E-state index is 0.137. The molecule has 0 fully saturated rings. The van der Waals surface area contributed by atoms with Crippen LogP contribution in [0.5, 0.6) is 17.2 Å². The van der Waals surface area contributed by atoms with Gasteiger partial charge >= 0.3 is 0 Å². The van der Waals surface area contributed by atoms with Crippen molar-refractivity contribution in [1.82, 2.24) is 0 Å². The van der Waals surface area contributed by atoms with E-state index in [0.29, 0.717) is 22.8 Å². The predicted molar refractivity (Wildman–Crippen MR) is 58.2 cm³/mol. The Morgan fingerprint density at radius 1 is 1.24 bits per heavy atom. The summed E-state index contributed by atoms with van der Waals surface area (Å²) in [6, 6.07) is 3.44. The molecule has 2 atom stereocenters. The fourth-order valence-electron chi connectivity index (χ4n) is 2.11. The molecule has 0 saturated carbocycles. The molecule has 1 aromatic rings. The number of hydrogen-bond donors (Lipinski definition) is 2. The van der Waals surface area contributed by atoms with Crippen LogP contribution in [0.15, 0.2) is 12.1 Å². The molecular weight excluding hydrogens is 224 g/mol. The normalized spacial score (nSPS) is 29.7. The summed E-state index contributed by atoms with van der Waals surface area (Å²) in [4.78, 5) is 0. The van der Waals surface area contributed by atoms with Crippen molar-refractivity contribution in [2.45, 2.75) is 13.0 Å². The van der Waals surface area contributed by atoms with Gasteiger partial charge in [0.05, 0.1) is 24.7 Å². The molecule has 5 nitrogen and oxygen atoms in total. The first-order valence-corrected chi connectivity index (χ1v) is 5.49. The van der Waals surface area contributed by atoms with Crippen LogP contribution in [0.25, 0.3) is 0 Å². The highest BCUT2D eigenvalue weighted by atomic mass is 16.7. The van der Waals surface area contributed by atoms with Gasteiger partial charge in [-0.2, -0.15) is 0 Å². The number of aliphatic hydroxyl groups excluding tert-OH is 2. The molecule has 0 spiro atoms. The summed E-state index contributed by atoms with van der Waals surface area (Å²) in [5.41, 5.74) is -0.0437.